The molecule has 24 heavy (non-hydrogen) atoms. The molecule has 3 rings (SSSR count). The van der Waals surface area contributed by atoms with Crippen molar-refractivity contribution in [2.24, 2.45) is 0 Å². The summed E-state index contributed by atoms with van der Waals surface area (Å²) in [5.41, 5.74) is 0.742. The molecule has 0 amide bonds. The number of hydrogen-bond acceptors (Lipinski definition) is 6. The van der Waals surface area contributed by atoms with Gasteiger partial charge in [0.2, 0.25) is 5.89 Å². The monoisotopic (exact) mass is 371 g/mol. The predicted octanol–water partition coefficient (Wildman–Crippen LogP) is 4.74. The Bertz CT molecular complexity index is 829. The zero-order chi connectivity index (χ0) is 17.2. The van der Waals surface area contributed by atoms with Crippen LogP contribution in [-0.2, 0) is 18.3 Å². The standard InChI is InChI=1S/C15H12F3N3OS2/c1-9-19-12(8-23-9)6-13-20-21-14(22-13)24-7-10-3-2-4-11(5-10)15(16,17)18/h2-5,8H,6-7H2,1H3. The topological polar surface area (TPSA) is 51.8 Å². The Kier molecular flexibility index (Phi) is 4.91. The van der Waals surface area contributed by atoms with Crippen molar-refractivity contribution in [2.75, 3.05) is 0 Å². The van der Waals surface area contributed by atoms with Crippen molar-refractivity contribution in [1.82, 2.24) is 15.2 Å². The Balaban J connectivity index is 1.61. The number of halogens is 3. The number of thiazole rings is 1. The van der Waals surface area contributed by atoms with E-state index < -0.39 is 11.7 Å². The van der Waals surface area contributed by atoms with E-state index >= 15 is 0 Å². The maximum atomic E-state index is 12.7. The highest BCUT2D eigenvalue weighted by atomic mass is 32.2. The first-order valence-electron chi connectivity index (χ1n) is 6.92. The molecule has 3 aromatic rings. The molecule has 126 valence electrons. The number of thioether (sulfide) groups is 1. The molecule has 1 aromatic carbocycles. The van der Waals surface area contributed by atoms with Gasteiger partial charge >= 0.3 is 6.18 Å². The lowest BCUT2D eigenvalue weighted by molar-refractivity contribution is -0.137. The van der Waals surface area contributed by atoms with Gasteiger partial charge in [-0.15, -0.1) is 21.5 Å². The van der Waals surface area contributed by atoms with Crippen molar-refractivity contribution in [3.63, 3.8) is 0 Å². The predicted molar refractivity (Wildman–Crippen MR) is 85.0 cm³/mol. The molecular weight excluding hydrogens is 359 g/mol. The molecule has 0 atom stereocenters. The van der Waals surface area contributed by atoms with E-state index in [9.17, 15) is 13.2 Å². The first-order chi connectivity index (χ1) is 11.4. The first kappa shape index (κ1) is 17.0. The molecular formula is C15H12F3N3OS2. The number of aryl methyl sites for hydroxylation is 1. The minimum atomic E-state index is -4.34. The Morgan fingerprint density at radius 2 is 2.08 bits per heavy atom. The molecule has 9 heteroatoms. The van der Waals surface area contributed by atoms with Crippen LogP contribution in [0.3, 0.4) is 0 Å². The summed E-state index contributed by atoms with van der Waals surface area (Å²) in [4.78, 5) is 4.32. The van der Waals surface area contributed by atoms with Crippen molar-refractivity contribution < 1.29 is 17.6 Å². The van der Waals surface area contributed by atoms with Gasteiger partial charge in [-0.05, 0) is 18.6 Å². The highest BCUT2D eigenvalue weighted by molar-refractivity contribution is 7.98. The number of alkyl halides is 3. The van der Waals surface area contributed by atoms with Crippen LogP contribution in [-0.4, -0.2) is 15.2 Å². The number of benzene rings is 1. The second-order valence-electron chi connectivity index (χ2n) is 4.98. The Labute approximate surface area is 144 Å². The van der Waals surface area contributed by atoms with Gasteiger partial charge < -0.3 is 4.42 Å². The Morgan fingerprint density at radius 1 is 1.25 bits per heavy atom. The maximum absolute atomic E-state index is 12.7. The van der Waals surface area contributed by atoms with Gasteiger partial charge in [0, 0.05) is 11.1 Å². The fourth-order valence-electron chi connectivity index (χ4n) is 1.99. The minimum absolute atomic E-state index is 0.321. The van der Waals surface area contributed by atoms with Gasteiger partial charge in [-0.25, -0.2) is 4.98 Å². The third-order valence-corrected chi connectivity index (χ3v) is 4.78. The highest BCUT2D eigenvalue weighted by Crippen LogP contribution is 2.31. The lowest BCUT2D eigenvalue weighted by atomic mass is 10.1. The molecule has 0 saturated carbocycles. The largest absolute Gasteiger partial charge is 0.416 e. The molecule has 2 heterocycles. The van der Waals surface area contributed by atoms with Crippen molar-refractivity contribution in [1.29, 1.82) is 0 Å². The van der Waals surface area contributed by atoms with E-state index in [4.69, 9.17) is 4.42 Å². The summed E-state index contributed by atoms with van der Waals surface area (Å²) in [7, 11) is 0. The van der Waals surface area contributed by atoms with Gasteiger partial charge in [0.05, 0.1) is 22.7 Å². The van der Waals surface area contributed by atoms with E-state index in [0.717, 1.165) is 22.8 Å². The van der Waals surface area contributed by atoms with Crippen molar-refractivity contribution in [2.45, 2.75) is 30.5 Å². The highest BCUT2D eigenvalue weighted by Gasteiger charge is 2.30. The molecule has 0 aliphatic rings. The quantitative estimate of drug-likeness (QED) is 0.607. The third kappa shape index (κ3) is 4.35. The van der Waals surface area contributed by atoms with Gasteiger partial charge in [0.15, 0.2) is 0 Å². The summed E-state index contributed by atoms with van der Waals surface area (Å²) < 4.78 is 43.6. The average molecular weight is 371 g/mol. The van der Waals surface area contributed by atoms with Crippen molar-refractivity contribution >= 4 is 23.1 Å². The molecule has 0 N–H and O–H groups in total. The fraction of sp³-hybridized carbons (Fsp3) is 0.267. The second kappa shape index (κ2) is 6.94. The molecule has 0 bridgehead atoms. The van der Waals surface area contributed by atoms with Gasteiger partial charge in [-0.2, -0.15) is 13.2 Å². The Morgan fingerprint density at radius 3 is 2.79 bits per heavy atom. The van der Waals surface area contributed by atoms with Crippen LogP contribution < -0.4 is 0 Å². The van der Waals surface area contributed by atoms with E-state index in [1.807, 2.05) is 12.3 Å². The SMILES string of the molecule is Cc1nc(Cc2nnc(SCc3cccc(C(F)(F)F)c3)o2)cs1. The average Bonchev–Trinajstić information content (AvgIpc) is 3.14. The molecule has 0 saturated heterocycles. The van der Waals surface area contributed by atoms with Crippen LogP contribution in [0.15, 0.2) is 39.3 Å². The molecule has 2 aromatic heterocycles. The lowest BCUT2D eigenvalue weighted by Gasteiger charge is -2.07. The van der Waals surface area contributed by atoms with Crippen LogP contribution >= 0.6 is 23.1 Å². The number of rotatable bonds is 5. The van der Waals surface area contributed by atoms with Gasteiger partial charge in [-0.1, -0.05) is 30.0 Å². The van der Waals surface area contributed by atoms with Crippen molar-refractivity contribution in [3.05, 3.63) is 57.4 Å². The maximum Gasteiger partial charge on any atom is 0.416 e. The van der Waals surface area contributed by atoms with Gasteiger partial charge in [0.1, 0.15) is 0 Å². The third-order valence-electron chi connectivity index (χ3n) is 3.06. The fourth-order valence-corrected chi connectivity index (χ4v) is 3.33. The van der Waals surface area contributed by atoms with Crippen molar-refractivity contribution in [3.8, 4) is 0 Å². The van der Waals surface area contributed by atoms with Crippen LogP contribution in [0, 0.1) is 6.92 Å². The van der Waals surface area contributed by atoms with Crippen LogP contribution in [0.2, 0.25) is 0 Å². The minimum Gasteiger partial charge on any atom is -0.416 e. The lowest BCUT2D eigenvalue weighted by Crippen LogP contribution is -2.04. The van der Waals surface area contributed by atoms with Gasteiger partial charge in [-0.3, -0.25) is 0 Å². The number of nitrogens with zero attached hydrogens (tertiary/aromatic N) is 3. The summed E-state index contributed by atoms with van der Waals surface area (Å²) >= 11 is 2.75. The molecule has 0 fully saturated rings. The summed E-state index contributed by atoms with van der Waals surface area (Å²) in [6.07, 6.45) is -3.90. The normalized spacial score (nSPS) is 11.8. The molecule has 0 radical (unpaired) electrons. The molecule has 0 aliphatic carbocycles. The summed E-state index contributed by atoms with van der Waals surface area (Å²) in [6, 6.07) is 5.21. The molecule has 0 aliphatic heterocycles. The van der Waals surface area contributed by atoms with E-state index in [1.165, 1.54) is 17.8 Å². The van der Waals surface area contributed by atoms with Crippen LogP contribution in [0.25, 0.3) is 0 Å². The summed E-state index contributed by atoms with van der Waals surface area (Å²) in [5, 5.41) is 11.1. The smallest absolute Gasteiger partial charge is 0.416 e. The van der Waals surface area contributed by atoms with Crippen LogP contribution in [0.4, 0.5) is 13.2 Å². The zero-order valence-electron chi connectivity index (χ0n) is 12.5. The van der Waals surface area contributed by atoms with Gasteiger partial charge in [0.25, 0.3) is 5.22 Å². The Hall–Kier alpha value is -1.87. The second-order valence-corrected chi connectivity index (χ2v) is 6.97. The first-order valence-corrected chi connectivity index (χ1v) is 8.79. The molecule has 4 nitrogen and oxygen atoms in total. The van der Waals surface area contributed by atoms with E-state index in [-0.39, 0.29) is 0 Å². The number of hydrogen-bond donors (Lipinski definition) is 0. The summed E-state index contributed by atoms with van der Waals surface area (Å²) in [6.45, 7) is 1.92. The molecule has 0 spiro atoms. The van der Waals surface area contributed by atoms with E-state index in [2.05, 4.69) is 15.2 Å². The summed E-state index contributed by atoms with van der Waals surface area (Å²) in [5.74, 6) is 0.758. The van der Waals surface area contributed by atoms with E-state index in [1.54, 1.807) is 17.4 Å². The molecule has 0 unspecified atom stereocenters. The zero-order valence-corrected chi connectivity index (χ0v) is 14.1. The number of aromatic nitrogens is 3. The van der Waals surface area contributed by atoms with E-state index in [0.29, 0.717) is 28.9 Å². The van der Waals surface area contributed by atoms with Crippen LogP contribution in [0.1, 0.15) is 27.7 Å². The van der Waals surface area contributed by atoms with Crippen LogP contribution in [0.5, 0.6) is 0 Å².